The third kappa shape index (κ3) is 4.32. The van der Waals surface area contributed by atoms with Gasteiger partial charge in [0.1, 0.15) is 0 Å². The molecule has 10 heteroatoms. The van der Waals surface area contributed by atoms with E-state index in [2.05, 4.69) is 33.5 Å². The van der Waals surface area contributed by atoms with Gasteiger partial charge in [0.2, 0.25) is 0 Å². The molecule has 0 bridgehead atoms. The molecular weight excluding hydrogens is 419 g/mol. The lowest BCUT2D eigenvalue weighted by Gasteiger charge is -2.15. The quantitative estimate of drug-likeness (QED) is 0.523. The maximum absolute atomic E-state index is 13.9. The van der Waals surface area contributed by atoms with Gasteiger partial charge in [-0.05, 0) is 42.5 Å². The number of thiocarbonyl (C=S) groups is 1. The molecule has 0 radical (unpaired) electrons. The molecule has 24 heavy (non-hydrogen) atoms. The van der Waals surface area contributed by atoms with E-state index in [1.165, 1.54) is 18.2 Å². The summed E-state index contributed by atoms with van der Waals surface area (Å²) in [5, 5.41) is 2.41. The van der Waals surface area contributed by atoms with Crippen molar-refractivity contribution < 1.29 is 26.7 Å². The summed E-state index contributed by atoms with van der Waals surface area (Å²) in [6.45, 7) is 0. The van der Waals surface area contributed by atoms with Crippen LogP contribution in [0.15, 0.2) is 34.8 Å². The van der Waals surface area contributed by atoms with E-state index in [1.54, 1.807) is 0 Å². The molecule has 0 aliphatic rings. The van der Waals surface area contributed by atoms with Gasteiger partial charge in [-0.3, -0.25) is 0 Å². The van der Waals surface area contributed by atoms with Crippen LogP contribution in [0.5, 0.6) is 11.5 Å². The van der Waals surface area contributed by atoms with Crippen molar-refractivity contribution in [2.24, 2.45) is 5.73 Å². The van der Waals surface area contributed by atoms with E-state index < -0.39 is 29.1 Å². The monoisotopic (exact) mass is 426 g/mol. The first-order valence-electron chi connectivity index (χ1n) is 6.18. The van der Waals surface area contributed by atoms with Gasteiger partial charge in [0.25, 0.3) is 0 Å². The number of benzene rings is 2. The number of hydrogen-bond donors (Lipinski definition) is 2. The number of nitrogens with one attached hydrogen (secondary N) is 1. The summed E-state index contributed by atoms with van der Waals surface area (Å²) in [5.41, 5.74) is 4.06. The normalized spacial score (nSPS) is 11.2. The summed E-state index contributed by atoms with van der Waals surface area (Å²) >= 11 is 7.86. The first kappa shape index (κ1) is 18.4. The van der Waals surface area contributed by atoms with Crippen molar-refractivity contribution in [3.05, 3.63) is 52.0 Å². The topological polar surface area (TPSA) is 47.3 Å². The van der Waals surface area contributed by atoms with E-state index in [-0.39, 0.29) is 28.7 Å². The van der Waals surface area contributed by atoms with Gasteiger partial charge in [-0.25, -0.2) is 8.78 Å². The Morgan fingerprint density at radius 2 is 1.71 bits per heavy atom. The van der Waals surface area contributed by atoms with Crippen molar-refractivity contribution >= 4 is 38.9 Å². The van der Waals surface area contributed by atoms with E-state index >= 15 is 0 Å². The van der Waals surface area contributed by atoms with Crippen LogP contribution in [0.2, 0.25) is 0 Å². The standard InChI is InChI=1S/C14H8BrF5N2OS/c15-7-1-2-11(10(5-7)22-13(21)24)23-12-8(16)3-6(4-9(12)17)14(18,19)20/h1-5H,(H3,21,22,24). The largest absolute Gasteiger partial charge is 0.449 e. The fourth-order valence-corrected chi connectivity index (χ4v) is 2.22. The Hall–Kier alpha value is -1.94. The number of rotatable bonds is 3. The van der Waals surface area contributed by atoms with Gasteiger partial charge in [0.15, 0.2) is 28.2 Å². The molecule has 2 aromatic rings. The Morgan fingerprint density at radius 1 is 1.12 bits per heavy atom. The number of halogens is 6. The molecule has 0 fully saturated rings. The van der Waals surface area contributed by atoms with Crippen LogP contribution >= 0.6 is 28.1 Å². The summed E-state index contributed by atoms with van der Waals surface area (Å²) in [6, 6.07) is 4.60. The molecule has 0 saturated heterocycles. The molecule has 0 atom stereocenters. The van der Waals surface area contributed by atoms with Crippen molar-refractivity contribution in [1.29, 1.82) is 0 Å². The summed E-state index contributed by atoms with van der Waals surface area (Å²) in [7, 11) is 0. The second kappa shape index (κ2) is 6.89. The molecule has 3 N–H and O–H groups in total. The van der Waals surface area contributed by atoms with E-state index in [9.17, 15) is 22.0 Å². The highest BCUT2D eigenvalue weighted by Gasteiger charge is 2.33. The van der Waals surface area contributed by atoms with Gasteiger partial charge in [-0.1, -0.05) is 15.9 Å². The minimum Gasteiger partial charge on any atom is -0.449 e. The Labute approximate surface area is 146 Å². The van der Waals surface area contributed by atoms with Crippen LogP contribution in [0.1, 0.15) is 5.56 Å². The van der Waals surface area contributed by atoms with Crippen molar-refractivity contribution in [1.82, 2.24) is 0 Å². The maximum Gasteiger partial charge on any atom is 0.416 e. The van der Waals surface area contributed by atoms with Crippen LogP contribution in [0.3, 0.4) is 0 Å². The fourth-order valence-electron chi connectivity index (χ4n) is 1.75. The minimum absolute atomic E-state index is 0.0800. The van der Waals surface area contributed by atoms with Crippen LogP contribution in [0.4, 0.5) is 27.6 Å². The zero-order chi connectivity index (χ0) is 18.1. The predicted molar refractivity (Wildman–Crippen MR) is 86.0 cm³/mol. The van der Waals surface area contributed by atoms with Crippen molar-refractivity contribution in [2.45, 2.75) is 6.18 Å². The maximum atomic E-state index is 13.9. The van der Waals surface area contributed by atoms with E-state index in [1.807, 2.05) is 0 Å². The smallest absolute Gasteiger partial charge is 0.416 e. The first-order valence-corrected chi connectivity index (χ1v) is 7.38. The van der Waals surface area contributed by atoms with Crippen LogP contribution in [-0.4, -0.2) is 5.11 Å². The molecule has 0 aliphatic carbocycles. The van der Waals surface area contributed by atoms with Gasteiger partial charge in [-0.2, -0.15) is 13.2 Å². The van der Waals surface area contributed by atoms with E-state index in [0.717, 1.165) is 0 Å². The highest BCUT2D eigenvalue weighted by molar-refractivity contribution is 9.10. The molecule has 0 saturated carbocycles. The zero-order valence-electron chi connectivity index (χ0n) is 11.5. The highest BCUT2D eigenvalue weighted by Crippen LogP contribution is 2.38. The second-order valence-electron chi connectivity index (χ2n) is 4.50. The van der Waals surface area contributed by atoms with Crippen LogP contribution < -0.4 is 15.8 Å². The SMILES string of the molecule is NC(=S)Nc1cc(Br)ccc1Oc1c(F)cc(C(F)(F)F)cc1F. The Morgan fingerprint density at radius 3 is 2.21 bits per heavy atom. The second-order valence-corrected chi connectivity index (χ2v) is 5.85. The summed E-state index contributed by atoms with van der Waals surface area (Å²) in [6.07, 6.45) is -4.88. The molecule has 0 heterocycles. The lowest BCUT2D eigenvalue weighted by Crippen LogP contribution is -2.19. The number of nitrogens with two attached hydrogens (primary N) is 1. The number of ether oxygens (including phenoxy) is 1. The summed E-state index contributed by atoms with van der Waals surface area (Å²) < 4.78 is 71.0. The third-order valence-corrected chi connectivity index (χ3v) is 3.33. The lowest BCUT2D eigenvalue weighted by molar-refractivity contribution is -0.138. The number of anilines is 1. The molecule has 0 aliphatic heterocycles. The molecule has 0 spiro atoms. The predicted octanol–water partition coefficient (Wildman–Crippen LogP) is 5.19. The van der Waals surface area contributed by atoms with E-state index in [0.29, 0.717) is 4.47 Å². The van der Waals surface area contributed by atoms with Crippen molar-refractivity contribution in [3.8, 4) is 11.5 Å². The van der Waals surface area contributed by atoms with Crippen molar-refractivity contribution in [2.75, 3.05) is 5.32 Å². The average molecular weight is 427 g/mol. The van der Waals surface area contributed by atoms with Crippen LogP contribution in [0.25, 0.3) is 0 Å². The fraction of sp³-hybridized carbons (Fsp3) is 0.0714. The molecule has 3 nitrogen and oxygen atoms in total. The Bertz CT molecular complexity index is 774. The van der Waals surface area contributed by atoms with Gasteiger partial charge in [-0.15, -0.1) is 0 Å². The lowest BCUT2D eigenvalue weighted by atomic mass is 10.2. The summed E-state index contributed by atoms with van der Waals surface area (Å²) in [4.78, 5) is 0. The molecule has 0 amide bonds. The zero-order valence-corrected chi connectivity index (χ0v) is 14.0. The third-order valence-electron chi connectivity index (χ3n) is 2.74. The van der Waals surface area contributed by atoms with Crippen LogP contribution in [-0.2, 0) is 6.18 Å². The van der Waals surface area contributed by atoms with Gasteiger partial charge in [0.05, 0.1) is 11.3 Å². The first-order chi connectivity index (χ1) is 11.1. The molecular formula is C14H8BrF5N2OS. The number of alkyl halides is 3. The Balaban J connectivity index is 2.44. The summed E-state index contributed by atoms with van der Waals surface area (Å²) in [5.74, 6) is -4.04. The van der Waals surface area contributed by atoms with Gasteiger partial charge >= 0.3 is 6.18 Å². The highest BCUT2D eigenvalue weighted by atomic mass is 79.9. The van der Waals surface area contributed by atoms with Gasteiger partial charge < -0.3 is 15.8 Å². The molecule has 0 aromatic heterocycles. The molecule has 128 valence electrons. The van der Waals surface area contributed by atoms with Gasteiger partial charge in [0, 0.05) is 4.47 Å². The molecule has 2 rings (SSSR count). The minimum atomic E-state index is -4.88. The number of hydrogen-bond acceptors (Lipinski definition) is 2. The Kier molecular flexibility index (Phi) is 5.29. The molecule has 2 aromatic carbocycles. The molecule has 0 unspecified atom stereocenters. The van der Waals surface area contributed by atoms with Crippen molar-refractivity contribution in [3.63, 3.8) is 0 Å². The van der Waals surface area contributed by atoms with Crippen LogP contribution in [0, 0.1) is 11.6 Å². The van der Waals surface area contributed by atoms with E-state index in [4.69, 9.17) is 10.5 Å². The average Bonchev–Trinajstić information content (AvgIpc) is 2.43.